The number of hydrogen-bond acceptors (Lipinski definition) is 6. The van der Waals surface area contributed by atoms with E-state index in [1.165, 1.54) is 9.13 Å². The van der Waals surface area contributed by atoms with Crippen molar-refractivity contribution >= 4 is 17.1 Å². The SMILES string of the molecule is CC(O)CCCCn1c(=O)c2c(nc(NCCN(C)C)n2C)n(C)c1=O. The molecule has 0 aromatic carbocycles. The number of imidazole rings is 1. The van der Waals surface area contributed by atoms with Crippen LogP contribution in [0.4, 0.5) is 5.95 Å². The van der Waals surface area contributed by atoms with Crippen LogP contribution < -0.4 is 16.6 Å². The van der Waals surface area contributed by atoms with Crippen LogP contribution in [0.1, 0.15) is 26.2 Å². The first-order valence-corrected chi connectivity index (χ1v) is 8.97. The van der Waals surface area contributed by atoms with Gasteiger partial charge in [0.05, 0.1) is 6.10 Å². The van der Waals surface area contributed by atoms with E-state index in [-0.39, 0.29) is 17.4 Å². The monoisotopic (exact) mass is 366 g/mol. The molecule has 0 aliphatic rings. The molecule has 0 aliphatic carbocycles. The molecule has 26 heavy (non-hydrogen) atoms. The van der Waals surface area contributed by atoms with Gasteiger partial charge in [0.15, 0.2) is 11.2 Å². The second kappa shape index (κ2) is 8.50. The Morgan fingerprint density at radius 1 is 1.19 bits per heavy atom. The van der Waals surface area contributed by atoms with Crippen LogP contribution in [0.2, 0.25) is 0 Å². The number of unbranched alkanes of at least 4 members (excludes halogenated alkanes) is 1. The third-order valence-corrected chi connectivity index (χ3v) is 4.46. The smallest absolute Gasteiger partial charge is 0.332 e. The molecular weight excluding hydrogens is 336 g/mol. The van der Waals surface area contributed by atoms with Crippen molar-refractivity contribution in [1.29, 1.82) is 0 Å². The molecule has 0 amide bonds. The van der Waals surface area contributed by atoms with Crippen molar-refractivity contribution in [2.75, 3.05) is 32.5 Å². The maximum Gasteiger partial charge on any atom is 0.332 e. The van der Waals surface area contributed by atoms with Gasteiger partial charge in [-0.05, 0) is 40.3 Å². The van der Waals surface area contributed by atoms with Crippen molar-refractivity contribution in [3.05, 3.63) is 20.8 Å². The van der Waals surface area contributed by atoms with Gasteiger partial charge in [0, 0.05) is 33.7 Å². The quantitative estimate of drug-likeness (QED) is 0.605. The molecule has 2 rings (SSSR count). The maximum absolute atomic E-state index is 12.8. The summed E-state index contributed by atoms with van der Waals surface area (Å²) in [6.45, 7) is 3.59. The molecule has 2 N–H and O–H groups in total. The molecule has 9 heteroatoms. The Balaban J connectivity index is 2.33. The lowest BCUT2D eigenvalue weighted by atomic mass is 10.2. The van der Waals surface area contributed by atoms with E-state index in [2.05, 4.69) is 10.3 Å². The summed E-state index contributed by atoms with van der Waals surface area (Å²) in [5.41, 5.74) is 0.110. The highest BCUT2D eigenvalue weighted by Crippen LogP contribution is 2.13. The Hall–Kier alpha value is -2.13. The van der Waals surface area contributed by atoms with Crippen molar-refractivity contribution in [2.24, 2.45) is 14.1 Å². The van der Waals surface area contributed by atoms with Gasteiger partial charge in [0.2, 0.25) is 5.95 Å². The number of aliphatic hydroxyl groups excluding tert-OH is 1. The number of rotatable bonds is 9. The summed E-state index contributed by atoms with van der Waals surface area (Å²) in [6, 6.07) is 0. The van der Waals surface area contributed by atoms with E-state index in [4.69, 9.17) is 0 Å². The topological polar surface area (TPSA) is 97.3 Å². The van der Waals surface area contributed by atoms with Gasteiger partial charge in [-0.3, -0.25) is 13.9 Å². The zero-order chi connectivity index (χ0) is 19.4. The fourth-order valence-electron chi connectivity index (χ4n) is 2.90. The molecule has 146 valence electrons. The van der Waals surface area contributed by atoms with Gasteiger partial charge in [-0.25, -0.2) is 4.79 Å². The molecule has 2 aromatic heterocycles. The average molecular weight is 366 g/mol. The summed E-state index contributed by atoms with van der Waals surface area (Å²) in [7, 11) is 7.37. The lowest BCUT2D eigenvalue weighted by molar-refractivity contribution is 0.180. The van der Waals surface area contributed by atoms with E-state index < -0.39 is 0 Å². The number of nitrogens with zero attached hydrogens (tertiary/aromatic N) is 5. The Morgan fingerprint density at radius 3 is 2.50 bits per heavy atom. The normalized spacial score (nSPS) is 12.9. The number of hydrogen-bond donors (Lipinski definition) is 2. The van der Waals surface area contributed by atoms with Crippen LogP contribution in [0.3, 0.4) is 0 Å². The number of nitrogens with one attached hydrogen (secondary N) is 1. The molecule has 0 aliphatic heterocycles. The van der Waals surface area contributed by atoms with Crippen LogP contribution in [0, 0.1) is 0 Å². The van der Waals surface area contributed by atoms with Crippen molar-refractivity contribution in [2.45, 2.75) is 38.8 Å². The van der Waals surface area contributed by atoms with Gasteiger partial charge in [-0.2, -0.15) is 4.98 Å². The summed E-state index contributed by atoms with van der Waals surface area (Å²) in [5, 5.41) is 12.5. The van der Waals surface area contributed by atoms with Crippen LogP contribution in [-0.4, -0.2) is 62.0 Å². The Labute approximate surface area is 152 Å². The second-order valence-corrected chi connectivity index (χ2v) is 7.04. The fourth-order valence-corrected chi connectivity index (χ4v) is 2.90. The molecule has 9 nitrogen and oxygen atoms in total. The highest BCUT2D eigenvalue weighted by atomic mass is 16.3. The zero-order valence-electron chi connectivity index (χ0n) is 16.3. The number of aliphatic hydroxyl groups is 1. The van der Waals surface area contributed by atoms with Gasteiger partial charge in [-0.15, -0.1) is 0 Å². The first-order chi connectivity index (χ1) is 12.2. The van der Waals surface area contributed by atoms with Gasteiger partial charge in [0.1, 0.15) is 0 Å². The summed E-state index contributed by atoms with van der Waals surface area (Å²) < 4.78 is 4.39. The molecular formula is C17H30N6O3. The van der Waals surface area contributed by atoms with Crippen molar-refractivity contribution < 1.29 is 5.11 Å². The molecule has 2 aromatic rings. The number of likely N-dealkylation sites (N-methyl/N-ethyl adjacent to an activating group) is 1. The van der Waals surface area contributed by atoms with Gasteiger partial charge in [0.25, 0.3) is 5.56 Å². The number of aromatic nitrogens is 4. The third-order valence-electron chi connectivity index (χ3n) is 4.46. The van der Waals surface area contributed by atoms with Crippen molar-refractivity contribution in [3.63, 3.8) is 0 Å². The molecule has 0 spiro atoms. The Bertz CT molecular complexity index is 862. The van der Waals surface area contributed by atoms with Crippen LogP contribution in [0.25, 0.3) is 11.2 Å². The average Bonchev–Trinajstić information content (AvgIpc) is 2.88. The standard InChI is InChI=1S/C17H30N6O3/c1-12(24)8-6-7-10-23-15(25)13-14(22(5)17(23)26)19-16(21(13)4)18-9-11-20(2)3/h12,24H,6-11H2,1-5H3,(H,18,19). The molecule has 0 bridgehead atoms. The van der Waals surface area contributed by atoms with E-state index in [1.807, 2.05) is 19.0 Å². The predicted molar refractivity (Wildman–Crippen MR) is 103 cm³/mol. The van der Waals surface area contributed by atoms with Crippen molar-refractivity contribution in [3.8, 4) is 0 Å². The van der Waals surface area contributed by atoms with Gasteiger partial charge < -0.3 is 19.9 Å². The molecule has 0 radical (unpaired) electrons. The summed E-state index contributed by atoms with van der Waals surface area (Å²) >= 11 is 0. The molecule has 1 atom stereocenters. The molecule has 1 unspecified atom stereocenters. The minimum absolute atomic E-state index is 0.323. The first kappa shape index (κ1) is 20.2. The molecule has 0 saturated heterocycles. The van der Waals surface area contributed by atoms with Crippen LogP contribution in [-0.2, 0) is 20.6 Å². The van der Waals surface area contributed by atoms with Crippen LogP contribution >= 0.6 is 0 Å². The maximum atomic E-state index is 12.8. The first-order valence-electron chi connectivity index (χ1n) is 8.97. The molecule has 0 fully saturated rings. The lowest BCUT2D eigenvalue weighted by Crippen LogP contribution is -2.39. The Morgan fingerprint density at radius 2 is 1.88 bits per heavy atom. The summed E-state index contributed by atoms with van der Waals surface area (Å²) in [4.78, 5) is 31.9. The lowest BCUT2D eigenvalue weighted by Gasteiger charge is -2.11. The van der Waals surface area contributed by atoms with E-state index >= 15 is 0 Å². The zero-order valence-corrected chi connectivity index (χ0v) is 16.3. The highest BCUT2D eigenvalue weighted by Gasteiger charge is 2.18. The van der Waals surface area contributed by atoms with E-state index in [1.54, 1.807) is 25.6 Å². The fraction of sp³-hybridized carbons (Fsp3) is 0.706. The molecule has 0 saturated carbocycles. The van der Waals surface area contributed by atoms with E-state index in [0.717, 1.165) is 13.0 Å². The van der Waals surface area contributed by atoms with Crippen LogP contribution in [0.15, 0.2) is 9.59 Å². The van der Waals surface area contributed by atoms with Gasteiger partial charge >= 0.3 is 5.69 Å². The Kier molecular flexibility index (Phi) is 6.60. The van der Waals surface area contributed by atoms with Crippen LogP contribution in [0.5, 0.6) is 0 Å². The third kappa shape index (κ3) is 4.34. The second-order valence-electron chi connectivity index (χ2n) is 7.04. The van der Waals surface area contributed by atoms with Crippen molar-refractivity contribution in [1.82, 2.24) is 23.6 Å². The van der Waals surface area contributed by atoms with Gasteiger partial charge in [-0.1, -0.05) is 0 Å². The van der Waals surface area contributed by atoms with E-state index in [9.17, 15) is 14.7 Å². The number of aryl methyl sites for hydroxylation is 2. The minimum Gasteiger partial charge on any atom is -0.393 e. The summed E-state index contributed by atoms with van der Waals surface area (Å²) in [6.07, 6.45) is 1.71. The molecule has 2 heterocycles. The minimum atomic E-state index is -0.370. The number of anilines is 1. The van der Waals surface area contributed by atoms with E-state index in [0.29, 0.717) is 43.0 Å². The predicted octanol–water partition coefficient (Wildman–Crippen LogP) is -0.0417. The summed E-state index contributed by atoms with van der Waals surface area (Å²) in [5.74, 6) is 0.570. The largest absolute Gasteiger partial charge is 0.393 e. The highest BCUT2D eigenvalue weighted by molar-refractivity contribution is 5.74. The number of fused-ring (bicyclic) bond motifs is 1.